The standard InChI is InChI=1S/C48H47NO11.C20H24O4/c1-6-48(4,46(53)58-32-56-40-24-16-36(17-25-40)43(50)59-41-18-8-33(30-49)9-19-41)29-7-28-47(2,3)45(52)57-31-55-39-22-14-37(15-23-39)44(51)60-42-26-12-35(13-27-42)34-10-20-38(54-5)21-11-34;1-5-20(2,3)19(21)24-14-23-18-12-8-16(9-13-18)15-6-10-17(22-4)11-7-15/h8-27H,6-7,28-29,31-32H2,1-5H3;6-13H,5,14H2,1-4H3. The largest absolute Gasteiger partial charge is 0.497 e. The minimum atomic E-state index is -0.855. The average Bonchev–Trinajstić information content (AvgIpc) is 3.55. The van der Waals surface area contributed by atoms with Crippen LogP contribution in [0.1, 0.15) is 107 Å². The molecule has 0 N–H and O–H groups in total. The molecule has 84 heavy (non-hydrogen) atoms. The summed E-state index contributed by atoms with van der Waals surface area (Å²) in [5.41, 5.74) is 3.06. The van der Waals surface area contributed by atoms with Crippen molar-refractivity contribution in [3.63, 3.8) is 0 Å². The van der Waals surface area contributed by atoms with Gasteiger partial charge in [-0.25, -0.2) is 9.59 Å². The number of nitriles is 1. The van der Waals surface area contributed by atoms with Crippen molar-refractivity contribution in [3.8, 4) is 68.6 Å². The number of ether oxygens (including phenoxy) is 10. The normalized spacial score (nSPS) is 11.6. The maximum absolute atomic E-state index is 13.1. The van der Waals surface area contributed by atoms with Crippen molar-refractivity contribution in [2.75, 3.05) is 34.6 Å². The maximum atomic E-state index is 13.1. The monoisotopic (exact) mass is 1140 g/mol. The van der Waals surface area contributed by atoms with E-state index in [1.807, 2.05) is 126 Å². The number of hydrogen-bond acceptors (Lipinski definition) is 16. The lowest BCUT2D eigenvalue weighted by atomic mass is 9.79. The quantitative estimate of drug-likeness (QED) is 0.0214. The maximum Gasteiger partial charge on any atom is 0.343 e. The number of hydrogen-bond donors (Lipinski definition) is 0. The van der Waals surface area contributed by atoms with Crippen LogP contribution in [0.15, 0.2) is 170 Å². The SMILES string of the molecule is CCC(C)(C)C(=O)OCOc1ccc(-c2ccc(OC)cc2)cc1.CCC(C)(CCCC(C)(C)C(=O)OCOc1ccc(C(=O)Oc2ccc(-c3ccc(OC)cc3)cc2)cc1)C(=O)OCOc1ccc(C(=O)Oc2ccc(C#N)cc2)cc1. The van der Waals surface area contributed by atoms with Gasteiger partial charge < -0.3 is 47.4 Å². The number of carbonyl (C=O) groups excluding carboxylic acids is 5. The minimum Gasteiger partial charge on any atom is -0.497 e. The van der Waals surface area contributed by atoms with Gasteiger partial charge in [-0.05, 0) is 204 Å². The second-order valence-electron chi connectivity index (χ2n) is 20.9. The van der Waals surface area contributed by atoms with Crippen molar-refractivity contribution >= 4 is 29.8 Å². The highest BCUT2D eigenvalue weighted by Gasteiger charge is 2.36. The Labute approximate surface area is 491 Å². The average molecular weight is 1140 g/mol. The van der Waals surface area contributed by atoms with Gasteiger partial charge in [-0.3, -0.25) is 14.4 Å². The molecule has 0 saturated carbocycles. The van der Waals surface area contributed by atoms with E-state index in [9.17, 15) is 24.0 Å². The molecule has 0 heterocycles. The van der Waals surface area contributed by atoms with Gasteiger partial charge in [0.25, 0.3) is 0 Å². The van der Waals surface area contributed by atoms with Crippen LogP contribution in [0.25, 0.3) is 22.3 Å². The van der Waals surface area contributed by atoms with Gasteiger partial charge in [0.2, 0.25) is 20.4 Å². The number of rotatable bonds is 26. The van der Waals surface area contributed by atoms with Crippen molar-refractivity contribution in [1.82, 2.24) is 0 Å². The summed E-state index contributed by atoms with van der Waals surface area (Å²) in [4.78, 5) is 63.2. The molecule has 16 heteroatoms. The van der Waals surface area contributed by atoms with Gasteiger partial charge in [0.15, 0.2) is 0 Å². The zero-order chi connectivity index (χ0) is 60.7. The van der Waals surface area contributed by atoms with E-state index in [4.69, 9.17) is 52.6 Å². The molecule has 0 aliphatic carbocycles. The van der Waals surface area contributed by atoms with Gasteiger partial charge in [0.05, 0.1) is 53.2 Å². The predicted octanol–water partition coefficient (Wildman–Crippen LogP) is 14.4. The molecule has 1 atom stereocenters. The molecule has 438 valence electrons. The fourth-order valence-corrected chi connectivity index (χ4v) is 7.94. The summed E-state index contributed by atoms with van der Waals surface area (Å²) in [6.45, 7) is 12.2. The van der Waals surface area contributed by atoms with Crippen LogP contribution in [-0.2, 0) is 28.6 Å². The van der Waals surface area contributed by atoms with Crippen molar-refractivity contribution in [3.05, 3.63) is 187 Å². The first-order chi connectivity index (χ1) is 40.3. The third kappa shape index (κ3) is 18.7. The number of benzene rings is 7. The van der Waals surface area contributed by atoms with Crippen molar-refractivity contribution in [2.24, 2.45) is 16.2 Å². The minimum absolute atomic E-state index is 0.0792. The van der Waals surface area contributed by atoms with Crippen LogP contribution < -0.4 is 33.2 Å². The molecule has 0 amide bonds. The Bertz CT molecular complexity index is 3300. The van der Waals surface area contributed by atoms with E-state index in [2.05, 4.69) is 0 Å². The molecular weight excluding hydrogens is 1070 g/mol. The van der Waals surface area contributed by atoms with Gasteiger partial charge in [-0.1, -0.05) is 68.8 Å². The Hall–Kier alpha value is -9.62. The van der Waals surface area contributed by atoms with Crippen LogP contribution >= 0.6 is 0 Å². The fourth-order valence-electron chi connectivity index (χ4n) is 7.94. The van der Waals surface area contributed by atoms with Gasteiger partial charge in [-0.15, -0.1) is 0 Å². The summed E-state index contributed by atoms with van der Waals surface area (Å²) >= 11 is 0. The third-order valence-electron chi connectivity index (χ3n) is 14.2. The van der Waals surface area contributed by atoms with E-state index in [-0.39, 0.29) is 31.9 Å². The van der Waals surface area contributed by atoms with Crippen LogP contribution in [-0.4, -0.2) is 64.4 Å². The summed E-state index contributed by atoms with van der Waals surface area (Å²) < 4.78 is 54.0. The molecule has 0 aliphatic rings. The van der Waals surface area contributed by atoms with Gasteiger partial charge in [0.1, 0.15) is 40.2 Å². The van der Waals surface area contributed by atoms with Crippen LogP contribution in [0.5, 0.6) is 40.2 Å². The second kappa shape index (κ2) is 30.4. The van der Waals surface area contributed by atoms with Gasteiger partial charge >= 0.3 is 29.8 Å². The molecule has 0 radical (unpaired) electrons. The number of methoxy groups -OCH3 is 2. The lowest BCUT2D eigenvalue weighted by Crippen LogP contribution is -2.32. The molecule has 7 rings (SSSR count). The first kappa shape index (κ1) is 63.6. The molecule has 16 nitrogen and oxygen atoms in total. The molecule has 0 aromatic heterocycles. The fraction of sp³-hybridized carbons (Fsp3) is 0.294. The Morgan fingerprint density at radius 2 is 0.714 bits per heavy atom. The van der Waals surface area contributed by atoms with E-state index in [0.29, 0.717) is 65.6 Å². The summed E-state index contributed by atoms with van der Waals surface area (Å²) in [7, 11) is 3.27. The summed E-state index contributed by atoms with van der Waals surface area (Å²) in [6, 6.07) is 51.1. The molecular formula is C68H71NO15. The zero-order valence-electron chi connectivity index (χ0n) is 48.9. The van der Waals surface area contributed by atoms with Crippen molar-refractivity contribution in [1.29, 1.82) is 5.26 Å². The van der Waals surface area contributed by atoms with E-state index in [0.717, 1.165) is 40.2 Å². The highest BCUT2D eigenvalue weighted by molar-refractivity contribution is 5.92. The molecule has 0 spiro atoms. The number of esters is 5. The topological polar surface area (TPSA) is 201 Å². The van der Waals surface area contributed by atoms with E-state index >= 15 is 0 Å². The van der Waals surface area contributed by atoms with Gasteiger partial charge in [0, 0.05) is 0 Å². The van der Waals surface area contributed by atoms with E-state index < -0.39 is 40.1 Å². The molecule has 7 aromatic carbocycles. The van der Waals surface area contributed by atoms with Crippen molar-refractivity contribution in [2.45, 2.75) is 80.6 Å². The molecule has 1 unspecified atom stereocenters. The molecule has 0 saturated heterocycles. The second-order valence-corrected chi connectivity index (χ2v) is 20.9. The van der Waals surface area contributed by atoms with Crippen LogP contribution in [0.2, 0.25) is 0 Å². The Morgan fingerprint density at radius 3 is 1.06 bits per heavy atom. The summed E-state index contributed by atoms with van der Waals surface area (Å²) in [6.07, 6.45) is 2.70. The van der Waals surface area contributed by atoms with E-state index in [1.54, 1.807) is 88.7 Å². The lowest BCUT2D eigenvalue weighted by molar-refractivity contribution is -0.163. The smallest absolute Gasteiger partial charge is 0.343 e. The van der Waals surface area contributed by atoms with Crippen LogP contribution in [0.4, 0.5) is 0 Å². The van der Waals surface area contributed by atoms with Crippen LogP contribution in [0.3, 0.4) is 0 Å². The lowest BCUT2D eigenvalue weighted by Gasteiger charge is -2.28. The third-order valence-corrected chi connectivity index (χ3v) is 14.2. The highest BCUT2D eigenvalue weighted by atomic mass is 16.7. The Balaban J connectivity index is 0.000000392. The van der Waals surface area contributed by atoms with E-state index in [1.165, 1.54) is 24.3 Å². The first-order valence-corrected chi connectivity index (χ1v) is 27.3. The summed E-state index contributed by atoms with van der Waals surface area (Å²) in [5, 5.41) is 8.92. The zero-order valence-corrected chi connectivity index (χ0v) is 48.9. The van der Waals surface area contributed by atoms with Crippen molar-refractivity contribution < 1.29 is 71.3 Å². The summed E-state index contributed by atoms with van der Waals surface area (Å²) in [5.74, 6) is 1.53. The van der Waals surface area contributed by atoms with Gasteiger partial charge in [-0.2, -0.15) is 5.26 Å². The molecule has 7 aromatic rings. The number of carbonyl (C=O) groups is 5. The molecule has 0 aliphatic heterocycles. The Kier molecular flexibility index (Phi) is 23.0. The number of nitrogens with zero attached hydrogens (tertiary/aromatic N) is 1. The first-order valence-electron chi connectivity index (χ1n) is 27.3. The highest BCUT2D eigenvalue weighted by Crippen LogP contribution is 2.35. The predicted molar refractivity (Wildman–Crippen MR) is 316 cm³/mol. The molecule has 0 bridgehead atoms. The Morgan fingerprint density at radius 1 is 0.393 bits per heavy atom. The molecule has 0 fully saturated rings. The van der Waals surface area contributed by atoms with Crippen LogP contribution in [0, 0.1) is 27.6 Å².